The van der Waals surface area contributed by atoms with Crippen LogP contribution in [0, 0.1) is 0 Å². The number of carbonyl (C=O) groups is 1. The highest BCUT2D eigenvalue weighted by molar-refractivity contribution is 5.78. The van der Waals surface area contributed by atoms with E-state index in [0.717, 1.165) is 12.1 Å². The van der Waals surface area contributed by atoms with Gasteiger partial charge in [-0.05, 0) is 18.5 Å². The van der Waals surface area contributed by atoms with Crippen LogP contribution in [-0.2, 0) is 11.2 Å². The smallest absolute Gasteiger partial charge is 0.226 e. The fourth-order valence-electron chi connectivity index (χ4n) is 2.30. The van der Waals surface area contributed by atoms with Gasteiger partial charge in [0.1, 0.15) is 0 Å². The van der Waals surface area contributed by atoms with E-state index in [2.05, 4.69) is 5.32 Å². The van der Waals surface area contributed by atoms with Crippen molar-refractivity contribution in [1.82, 2.24) is 10.2 Å². The topological polar surface area (TPSA) is 52.6 Å². The predicted molar refractivity (Wildman–Crippen MR) is 70.2 cm³/mol. The van der Waals surface area contributed by atoms with Gasteiger partial charge < -0.3 is 15.3 Å². The standard InChI is InChI=1S/C14H20N2O2/c1-16(11-14(18)7-8-15-10-14)13(17)9-12-5-3-2-4-6-12/h2-6,15,18H,7-11H2,1H3. The molecule has 2 N–H and O–H groups in total. The van der Waals surface area contributed by atoms with Crippen molar-refractivity contribution >= 4 is 5.91 Å². The normalized spacial score (nSPS) is 23.0. The van der Waals surface area contributed by atoms with Crippen LogP contribution in [0.4, 0.5) is 0 Å². The molecule has 1 aromatic rings. The lowest BCUT2D eigenvalue weighted by molar-refractivity contribution is -0.132. The van der Waals surface area contributed by atoms with Crippen molar-refractivity contribution in [3.8, 4) is 0 Å². The second-order valence-corrected chi connectivity index (χ2v) is 5.06. The zero-order valence-electron chi connectivity index (χ0n) is 10.7. The lowest BCUT2D eigenvalue weighted by Crippen LogP contribution is -2.45. The van der Waals surface area contributed by atoms with Crippen LogP contribution in [0.3, 0.4) is 0 Å². The number of nitrogens with zero attached hydrogens (tertiary/aromatic N) is 1. The van der Waals surface area contributed by atoms with Crippen LogP contribution < -0.4 is 5.32 Å². The molecule has 0 aliphatic carbocycles. The van der Waals surface area contributed by atoms with Gasteiger partial charge in [0.2, 0.25) is 5.91 Å². The average Bonchev–Trinajstić information content (AvgIpc) is 2.77. The molecule has 2 rings (SSSR count). The summed E-state index contributed by atoms with van der Waals surface area (Å²) in [6, 6.07) is 9.67. The zero-order chi connectivity index (χ0) is 13.0. The Labute approximate surface area is 108 Å². The minimum absolute atomic E-state index is 0.0431. The van der Waals surface area contributed by atoms with Crippen LogP contribution in [0.2, 0.25) is 0 Å². The van der Waals surface area contributed by atoms with Gasteiger partial charge in [0, 0.05) is 13.6 Å². The van der Waals surface area contributed by atoms with Crippen molar-refractivity contribution in [2.75, 3.05) is 26.7 Å². The summed E-state index contributed by atoms with van der Waals surface area (Å²) in [6.07, 6.45) is 1.09. The van der Waals surface area contributed by atoms with Crippen LogP contribution in [0.25, 0.3) is 0 Å². The van der Waals surface area contributed by atoms with Crippen molar-refractivity contribution in [3.05, 3.63) is 35.9 Å². The van der Waals surface area contributed by atoms with Crippen LogP contribution in [-0.4, -0.2) is 48.2 Å². The summed E-state index contributed by atoms with van der Waals surface area (Å²) < 4.78 is 0. The fourth-order valence-corrected chi connectivity index (χ4v) is 2.30. The molecule has 1 atom stereocenters. The van der Waals surface area contributed by atoms with Crippen molar-refractivity contribution in [3.63, 3.8) is 0 Å². The number of aliphatic hydroxyl groups is 1. The number of β-amino-alcohol motifs (C(OH)–C–C–N with tert-alkyl or cyclic N) is 1. The monoisotopic (exact) mass is 248 g/mol. The molecule has 0 saturated carbocycles. The lowest BCUT2D eigenvalue weighted by atomic mass is 10.0. The maximum Gasteiger partial charge on any atom is 0.226 e. The molecule has 0 radical (unpaired) electrons. The second-order valence-electron chi connectivity index (χ2n) is 5.06. The maximum absolute atomic E-state index is 12.0. The molecule has 98 valence electrons. The first-order valence-electron chi connectivity index (χ1n) is 6.30. The van der Waals surface area contributed by atoms with E-state index in [0.29, 0.717) is 25.9 Å². The van der Waals surface area contributed by atoms with Crippen LogP contribution >= 0.6 is 0 Å². The van der Waals surface area contributed by atoms with E-state index in [1.165, 1.54) is 0 Å². The zero-order valence-corrected chi connectivity index (χ0v) is 10.7. The molecule has 1 fully saturated rings. The lowest BCUT2D eigenvalue weighted by Gasteiger charge is -2.28. The molecular formula is C14H20N2O2. The third-order valence-corrected chi connectivity index (χ3v) is 3.38. The molecule has 1 saturated heterocycles. The highest BCUT2D eigenvalue weighted by Crippen LogP contribution is 2.15. The van der Waals surface area contributed by atoms with Crippen molar-refractivity contribution < 1.29 is 9.90 Å². The van der Waals surface area contributed by atoms with Gasteiger partial charge in [0.05, 0.1) is 18.6 Å². The van der Waals surface area contributed by atoms with Crippen LogP contribution in [0.1, 0.15) is 12.0 Å². The van der Waals surface area contributed by atoms with E-state index >= 15 is 0 Å². The Balaban J connectivity index is 1.89. The summed E-state index contributed by atoms with van der Waals surface area (Å²) in [4.78, 5) is 13.7. The Kier molecular flexibility index (Phi) is 3.99. The number of benzene rings is 1. The molecule has 4 heteroatoms. The first kappa shape index (κ1) is 13.1. The molecule has 4 nitrogen and oxygen atoms in total. The quantitative estimate of drug-likeness (QED) is 0.811. The number of nitrogens with one attached hydrogen (secondary N) is 1. The first-order chi connectivity index (χ1) is 8.59. The van der Waals surface area contributed by atoms with Gasteiger partial charge in [-0.25, -0.2) is 0 Å². The molecule has 0 spiro atoms. The molecule has 1 aliphatic heterocycles. The van der Waals surface area contributed by atoms with Gasteiger partial charge in [0.25, 0.3) is 0 Å². The molecule has 1 aliphatic rings. The van der Waals surface area contributed by atoms with Crippen molar-refractivity contribution in [2.45, 2.75) is 18.4 Å². The minimum Gasteiger partial charge on any atom is -0.387 e. The van der Waals surface area contributed by atoms with E-state index in [1.807, 2.05) is 30.3 Å². The van der Waals surface area contributed by atoms with Crippen molar-refractivity contribution in [1.29, 1.82) is 0 Å². The molecule has 0 aromatic heterocycles. The summed E-state index contributed by atoms with van der Waals surface area (Å²) in [6.45, 7) is 1.78. The van der Waals surface area contributed by atoms with Gasteiger partial charge in [-0.2, -0.15) is 0 Å². The molecule has 1 heterocycles. The Bertz CT molecular complexity index is 400. The number of hydrogen-bond acceptors (Lipinski definition) is 3. The third kappa shape index (κ3) is 3.31. The van der Waals surface area contributed by atoms with Gasteiger partial charge in [-0.3, -0.25) is 4.79 Å². The number of likely N-dealkylation sites (N-methyl/N-ethyl adjacent to an activating group) is 1. The Morgan fingerprint density at radius 2 is 2.17 bits per heavy atom. The highest BCUT2D eigenvalue weighted by atomic mass is 16.3. The second kappa shape index (κ2) is 5.50. The number of carbonyl (C=O) groups excluding carboxylic acids is 1. The van der Waals surface area contributed by atoms with Gasteiger partial charge in [-0.15, -0.1) is 0 Å². The minimum atomic E-state index is -0.763. The molecule has 18 heavy (non-hydrogen) atoms. The molecular weight excluding hydrogens is 228 g/mol. The molecule has 0 bridgehead atoms. The predicted octanol–water partition coefficient (Wildman–Crippen LogP) is 0.412. The van der Waals surface area contributed by atoms with Gasteiger partial charge in [-0.1, -0.05) is 30.3 Å². The Hall–Kier alpha value is -1.39. The summed E-state index contributed by atoms with van der Waals surface area (Å²) in [5, 5.41) is 13.3. The van der Waals surface area contributed by atoms with E-state index in [-0.39, 0.29) is 5.91 Å². The Morgan fingerprint density at radius 3 is 2.78 bits per heavy atom. The summed E-state index contributed by atoms with van der Waals surface area (Å²) in [5.74, 6) is 0.0431. The van der Waals surface area contributed by atoms with Crippen LogP contribution in [0.5, 0.6) is 0 Å². The van der Waals surface area contributed by atoms with E-state index < -0.39 is 5.60 Å². The summed E-state index contributed by atoms with van der Waals surface area (Å²) in [7, 11) is 1.75. The molecule has 1 amide bonds. The summed E-state index contributed by atoms with van der Waals surface area (Å²) >= 11 is 0. The Morgan fingerprint density at radius 1 is 1.44 bits per heavy atom. The average molecular weight is 248 g/mol. The van der Waals surface area contributed by atoms with Gasteiger partial charge >= 0.3 is 0 Å². The largest absolute Gasteiger partial charge is 0.387 e. The highest BCUT2D eigenvalue weighted by Gasteiger charge is 2.33. The van der Waals surface area contributed by atoms with E-state index in [4.69, 9.17) is 0 Å². The number of hydrogen-bond donors (Lipinski definition) is 2. The molecule has 1 unspecified atom stereocenters. The van der Waals surface area contributed by atoms with E-state index in [1.54, 1.807) is 11.9 Å². The number of rotatable bonds is 4. The first-order valence-corrected chi connectivity index (χ1v) is 6.30. The molecule has 1 aromatic carbocycles. The SMILES string of the molecule is CN(CC1(O)CCNC1)C(=O)Cc1ccccc1. The third-order valence-electron chi connectivity index (χ3n) is 3.38. The van der Waals surface area contributed by atoms with Gasteiger partial charge in [0.15, 0.2) is 0 Å². The summed E-state index contributed by atoms with van der Waals surface area (Å²) in [5.41, 5.74) is 0.243. The van der Waals surface area contributed by atoms with Crippen LogP contribution in [0.15, 0.2) is 30.3 Å². The maximum atomic E-state index is 12.0. The van der Waals surface area contributed by atoms with Crippen molar-refractivity contribution in [2.24, 2.45) is 0 Å². The number of amides is 1. The van der Waals surface area contributed by atoms with E-state index in [9.17, 15) is 9.90 Å². The fraction of sp³-hybridized carbons (Fsp3) is 0.500.